The van der Waals surface area contributed by atoms with Gasteiger partial charge in [-0.1, -0.05) is 17.7 Å². The highest BCUT2D eigenvalue weighted by atomic mass is 35.5. The molecule has 2 N–H and O–H groups in total. The lowest BCUT2D eigenvalue weighted by atomic mass is 9.46. The Bertz CT molecular complexity index is 731. The van der Waals surface area contributed by atoms with Gasteiger partial charge in [0.1, 0.15) is 0 Å². The van der Waals surface area contributed by atoms with Crippen molar-refractivity contribution in [1.29, 1.82) is 0 Å². The molecule has 0 spiro atoms. The summed E-state index contributed by atoms with van der Waals surface area (Å²) in [5.41, 5.74) is 1.19. The van der Waals surface area contributed by atoms with E-state index in [0.717, 1.165) is 37.7 Å². The van der Waals surface area contributed by atoms with E-state index in [0.29, 0.717) is 22.5 Å². The molecule has 134 valence electrons. The maximum atomic E-state index is 13.2. The summed E-state index contributed by atoms with van der Waals surface area (Å²) in [7, 11) is 0. The number of aryl methyl sites for hydroxylation is 1. The Morgan fingerprint density at radius 3 is 2.44 bits per heavy atom. The normalized spacial score (nSPS) is 35.5. The van der Waals surface area contributed by atoms with Crippen LogP contribution in [0.15, 0.2) is 18.2 Å². The quantitative estimate of drug-likeness (QED) is 0.853. The lowest BCUT2D eigenvalue weighted by Crippen LogP contribution is -2.65. The van der Waals surface area contributed by atoms with Crippen molar-refractivity contribution in [3.8, 4) is 0 Å². The number of benzene rings is 1. The van der Waals surface area contributed by atoms with Crippen molar-refractivity contribution in [2.24, 2.45) is 17.3 Å². The number of carbonyl (C=O) groups excluding carboxylic acids is 2. The molecule has 4 aliphatic carbocycles. The van der Waals surface area contributed by atoms with Crippen molar-refractivity contribution in [3.05, 3.63) is 28.8 Å². The van der Waals surface area contributed by atoms with Gasteiger partial charge in [-0.15, -0.1) is 0 Å². The van der Waals surface area contributed by atoms with Gasteiger partial charge < -0.3 is 10.6 Å². The molecule has 0 saturated heterocycles. The van der Waals surface area contributed by atoms with Crippen LogP contribution < -0.4 is 10.6 Å². The summed E-state index contributed by atoms with van der Waals surface area (Å²) in [6, 6.07) is 5.70. The third-order valence-corrected chi connectivity index (χ3v) is 6.67. The van der Waals surface area contributed by atoms with E-state index in [-0.39, 0.29) is 22.8 Å². The van der Waals surface area contributed by atoms with Gasteiger partial charge in [-0.05, 0) is 75.0 Å². The number of nitrogens with one attached hydrogen (secondary N) is 2. The van der Waals surface area contributed by atoms with Gasteiger partial charge in [-0.2, -0.15) is 0 Å². The molecule has 4 atom stereocenters. The molecule has 2 unspecified atom stereocenters. The van der Waals surface area contributed by atoms with Crippen LogP contribution in [0, 0.1) is 24.2 Å². The predicted octanol–water partition coefficient (Wildman–Crippen LogP) is 4.06. The van der Waals surface area contributed by atoms with E-state index in [1.807, 2.05) is 25.1 Å². The van der Waals surface area contributed by atoms with Gasteiger partial charge in [-0.25, -0.2) is 0 Å². The van der Waals surface area contributed by atoms with E-state index in [4.69, 9.17) is 11.6 Å². The largest absolute Gasteiger partial charge is 0.351 e. The number of amides is 2. The Balaban J connectivity index is 1.60. The molecule has 2 amide bonds. The van der Waals surface area contributed by atoms with E-state index >= 15 is 0 Å². The van der Waals surface area contributed by atoms with Crippen molar-refractivity contribution < 1.29 is 9.59 Å². The van der Waals surface area contributed by atoms with Gasteiger partial charge in [-0.3, -0.25) is 9.59 Å². The molecule has 4 fully saturated rings. The van der Waals surface area contributed by atoms with Crippen LogP contribution in [-0.2, 0) is 9.59 Å². The maximum Gasteiger partial charge on any atom is 0.230 e. The Kier molecular flexibility index (Phi) is 3.87. The summed E-state index contributed by atoms with van der Waals surface area (Å²) in [6.45, 7) is 3.56. The fourth-order valence-corrected chi connectivity index (χ4v) is 6.31. The molecule has 1 aromatic carbocycles. The number of halogens is 1. The zero-order valence-electron chi connectivity index (χ0n) is 14.8. The minimum absolute atomic E-state index is 0.0130. The molecule has 0 radical (unpaired) electrons. The third-order valence-electron chi connectivity index (χ3n) is 6.36. The minimum Gasteiger partial charge on any atom is -0.351 e. The van der Waals surface area contributed by atoms with Crippen molar-refractivity contribution in [2.45, 2.75) is 57.9 Å². The highest BCUT2D eigenvalue weighted by molar-refractivity contribution is 6.33. The SMILES string of the molecule is CC(=O)NC12C[C@H]3C[C@@H](C1)CC(C(=O)Nc1ccc(C)cc1Cl)(C3)C2. The molecule has 1 aromatic rings. The Hall–Kier alpha value is -1.55. The molecule has 4 aliphatic rings. The van der Waals surface area contributed by atoms with Crippen LogP contribution in [0.1, 0.15) is 51.0 Å². The monoisotopic (exact) mass is 360 g/mol. The summed E-state index contributed by atoms with van der Waals surface area (Å²) < 4.78 is 0. The standard InChI is InChI=1S/C20H25ClN2O2/c1-12-3-4-17(16(21)5-12)22-18(25)19-7-14-6-15(8-19)10-20(9-14,11-19)23-13(2)24/h3-5,14-15H,6-11H2,1-2H3,(H,22,25)(H,23,24)/t14-,15+,19?,20?. The molecule has 0 aromatic heterocycles. The molecule has 0 aliphatic heterocycles. The first-order chi connectivity index (χ1) is 11.8. The molecule has 4 nitrogen and oxygen atoms in total. The summed E-state index contributed by atoms with van der Waals surface area (Å²) in [4.78, 5) is 25.0. The third kappa shape index (κ3) is 2.95. The topological polar surface area (TPSA) is 58.2 Å². The van der Waals surface area contributed by atoms with Crippen molar-refractivity contribution in [1.82, 2.24) is 5.32 Å². The zero-order chi connectivity index (χ0) is 17.8. The predicted molar refractivity (Wildman–Crippen MR) is 98.5 cm³/mol. The summed E-state index contributed by atoms with van der Waals surface area (Å²) in [6.07, 6.45) is 5.84. The number of carbonyl (C=O) groups is 2. The fourth-order valence-electron chi connectivity index (χ4n) is 6.02. The van der Waals surface area contributed by atoms with Crippen LogP contribution in [0.5, 0.6) is 0 Å². The number of hydrogen-bond acceptors (Lipinski definition) is 2. The number of anilines is 1. The van der Waals surface area contributed by atoms with Crippen LogP contribution >= 0.6 is 11.6 Å². The molecular weight excluding hydrogens is 336 g/mol. The Morgan fingerprint density at radius 1 is 1.16 bits per heavy atom. The fraction of sp³-hybridized carbons (Fsp3) is 0.600. The first kappa shape index (κ1) is 16.9. The van der Waals surface area contributed by atoms with E-state index in [2.05, 4.69) is 10.6 Å². The van der Waals surface area contributed by atoms with E-state index in [1.165, 1.54) is 6.42 Å². The average Bonchev–Trinajstić information content (AvgIpc) is 2.47. The van der Waals surface area contributed by atoms with Crippen molar-refractivity contribution in [3.63, 3.8) is 0 Å². The molecule has 0 heterocycles. The molecule has 5 heteroatoms. The van der Waals surface area contributed by atoms with Gasteiger partial charge in [0, 0.05) is 12.5 Å². The molecule has 5 rings (SSSR count). The van der Waals surface area contributed by atoms with E-state index in [1.54, 1.807) is 6.92 Å². The molecule has 25 heavy (non-hydrogen) atoms. The second-order valence-electron chi connectivity index (χ2n) is 8.64. The first-order valence-electron chi connectivity index (χ1n) is 9.16. The highest BCUT2D eigenvalue weighted by Gasteiger charge is 2.60. The average molecular weight is 361 g/mol. The van der Waals surface area contributed by atoms with Gasteiger partial charge in [0.25, 0.3) is 0 Å². The van der Waals surface area contributed by atoms with Gasteiger partial charge >= 0.3 is 0 Å². The lowest BCUT2D eigenvalue weighted by Gasteiger charge is -2.61. The van der Waals surface area contributed by atoms with Crippen LogP contribution in [0.4, 0.5) is 5.69 Å². The Labute approximate surface area is 153 Å². The summed E-state index contributed by atoms with van der Waals surface area (Å²) in [5, 5.41) is 6.86. The molecular formula is C20H25ClN2O2. The smallest absolute Gasteiger partial charge is 0.230 e. The van der Waals surface area contributed by atoms with Gasteiger partial charge in [0.05, 0.1) is 16.1 Å². The Morgan fingerprint density at radius 2 is 1.84 bits per heavy atom. The van der Waals surface area contributed by atoms with Crippen molar-refractivity contribution >= 4 is 29.1 Å². The lowest BCUT2D eigenvalue weighted by molar-refractivity contribution is -0.148. The van der Waals surface area contributed by atoms with Crippen LogP contribution in [0.2, 0.25) is 5.02 Å². The minimum atomic E-state index is -0.374. The van der Waals surface area contributed by atoms with Gasteiger partial charge in [0.15, 0.2) is 0 Å². The second kappa shape index (κ2) is 5.73. The van der Waals surface area contributed by atoms with Crippen molar-refractivity contribution in [2.75, 3.05) is 5.32 Å². The summed E-state index contributed by atoms with van der Waals surface area (Å²) in [5.74, 6) is 1.15. The number of hydrogen-bond donors (Lipinski definition) is 2. The molecule has 4 saturated carbocycles. The van der Waals surface area contributed by atoms with Gasteiger partial charge in [0.2, 0.25) is 11.8 Å². The highest BCUT2D eigenvalue weighted by Crippen LogP contribution is 2.62. The van der Waals surface area contributed by atoms with E-state index in [9.17, 15) is 9.59 Å². The molecule has 4 bridgehead atoms. The maximum absolute atomic E-state index is 13.2. The van der Waals surface area contributed by atoms with E-state index < -0.39 is 0 Å². The first-order valence-corrected chi connectivity index (χ1v) is 9.53. The van der Waals surface area contributed by atoms with Crippen LogP contribution in [0.3, 0.4) is 0 Å². The zero-order valence-corrected chi connectivity index (χ0v) is 15.6. The summed E-state index contributed by atoms with van der Waals surface area (Å²) >= 11 is 6.31. The second-order valence-corrected chi connectivity index (χ2v) is 9.05. The van der Waals surface area contributed by atoms with Crippen LogP contribution in [-0.4, -0.2) is 17.4 Å². The van der Waals surface area contributed by atoms with Crippen LogP contribution in [0.25, 0.3) is 0 Å². The number of rotatable bonds is 3.